The molecule has 0 saturated heterocycles. The number of methoxy groups -OCH3 is 1. The summed E-state index contributed by atoms with van der Waals surface area (Å²) in [6.07, 6.45) is 1.62. The number of halogens is 2. The van der Waals surface area contributed by atoms with Crippen LogP contribution in [0.4, 0.5) is 15.8 Å². The van der Waals surface area contributed by atoms with Crippen LogP contribution in [-0.2, 0) is 0 Å². The van der Waals surface area contributed by atoms with Crippen LogP contribution in [0.5, 0.6) is 5.88 Å². The molecule has 0 saturated carbocycles. The molecule has 0 aromatic carbocycles. The summed E-state index contributed by atoms with van der Waals surface area (Å²) in [5, 5.41) is 1.66. The number of fused-ring (bicyclic) bond motifs is 1. The molecule has 82 valence electrons. The van der Waals surface area contributed by atoms with Gasteiger partial charge in [-0.3, -0.25) is 10.4 Å². The lowest BCUT2D eigenvalue weighted by atomic mass is 10.3. The zero-order valence-electron chi connectivity index (χ0n) is 8.05. The van der Waals surface area contributed by atoms with Gasteiger partial charge in [0.2, 0.25) is 5.88 Å². The van der Waals surface area contributed by atoms with E-state index in [9.17, 15) is 4.39 Å². The minimum absolute atomic E-state index is 0.256. The molecule has 0 fully saturated rings. The first-order valence-corrected chi connectivity index (χ1v) is 5.15. The highest BCUT2D eigenvalue weighted by Crippen LogP contribution is 2.40. The van der Waals surface area contributed by atoms with E-state index in [1.807, 2.05) is 0 Å². The van der Waals surface area contributed by atoms with Gasteiger partial charge in [-0.1, -0.05) is 0 Å². The fourth-order valence-electron chi connectivity index (χ4n) is 1.42. The Morgan fingerprint density at radius 3 is 3.13 bits per heavy atom. The van der Waals surface area contributed by atoms with Crippen LogP contribution >= 0.6 is 15.9 Å². The first kappa shape index (κ1) is 10.4. The molecule has 0 spiro atoms. The maximum absolute atomic E-state index is 12.3. The van der Waals surface area contributed by atoms with Gasteiger partial charge in [-0.15, -0.1) is 5.53 Å². The Morgan fingerprint density at radius 1 is 1.67 bits per heavy atom. The maximum atomic E-state index is 12.3. The lowest BCUT2D eigenvalue weighted by Crippen LogP contribution is -2.37. The van der Waals surface area contributed by atoms with Crippen molar-refractivity contribution in [2.45, 2.75) is 0 Å². The number of anilines is 2. The topological polar surface area (TPSA) is 49.4 Å². The van der Waals surface area contributed by atoms with Crippen LogP contribution in [0.1, 0.15) is 0 Å². The molecule has 0 amide bonds. The van der Waals surface area contributed by atoms with Crippen LogP contribution in [-0.4, -0.2) is 25.3 Å². The summed E-state index contributed by atoms with van der Waals surface area (Å²) in [5.41, 5.74) is 7.23. The first-order valence-electron chi connectivity index (χ1n) is 4.35. The van der Waals surface area contributed by atoms with Crippen LogP contribution in [0.15, 0.2) is 10.7 Å². The average Bonchev–Trinajstić information content (AvgIpc) is 2.64. The van der Waals surface area contributed by atoms with Gasteiger partial charge in [0, 0.05) is 6.20 Å². The lowest BCUT2D eigenvalue weighted by Gasteiger charge is -2.16. The summed E-state index contributed by atoms with van der Waals surface area (Å²) >= 11 is 3.36. The zero-order valence-corrected chi connectivity index (χ0v) is 9.64. The maximum Gasteiger partial charge on any atom is 0.240 e. The molecular formula is C8H10BrFN4O. The molecule has 7 heteroatoms. The van der Waals surface area contributed by atoms with Crippen molar-refractivity contribution in [3.63, 3.8) is 0 Å². The molecule has 2 N–H and O–H groups in total. The van der Waals surface area contributed by atoms with Gasteiger partial charge < -0.3 is 4.74 Å². The Balaban J connectivity index is 2.42. The van der Waals surface area contributed by atoms with Crippen LogP contribution in [0.3, 0.4) is 0 Å². The lowest BCUT2D eigenvalue weighted by molar-refractivity contribution is 0.400. The second-order valence-corrected chi connectivity index (χ2v) is 3.77. The third kappa shape index (κ3) is 1.72. The molecule has 5 nitrogen and oxygen atoms in total. The molecule has 1 aliphatic rings. The number of rotatable bonds is 3. The van der Waals surface area contributed by atoms with Gasteiger partial charge in [0.1, 0.15) is 12.4 Å². The number of pyridine rings is 1. The molecule has 0 atom stereocenters. The van der Waals surface area contributed by atoms with Crippen molar-refractivity contribution in [1.82, 2.24) is 10.5 Å². The van der Waals surface area contributed by atoms with Crippen LogP contribution in [0.2, 0.25) is 0 Å². The van der Waals surface area contributed by atoms with Gasteiger partial charge in [-0.2, -0.15) is 0 Å². The highest BCUT2D eigenvalue weighted by molar-refractivity contribution is 9.10. The second kappa shape index (κ2) is 4.19. The van der Waals surface area contributed by atoms with Crippen LogP contribution in [0.25, 0.3) is 0 Å². The minimum atomic E-state index is -0.439. The summed E-state index contributed by atoms with van der Waals surface area (Å²) in [5.74, 6) is 0.474. The van der Waals surface area contributed by atoms with Gasteiger partial charge in [-0.05, 0) is 15.9 Å². The number of aromatic nitrogens is 1. The number of hydrogen-bond donors (Lipinski definition) is 2. The molecule has 0 bridgehead atoms. The van der Waals surface area contributed by atoms with E-state index in [1.165, 1.54) is 7.11 Å². The fraction of sp³-hybridized carbons (Fsp3) is 0.375. The summed E-state index contributed by atoms with van der Waals surface area (Å²) in [7, 11) is 1.54. The van der Waals surface area contributed by atoms with Crippen molar-refractivity contribution < 1.29 is 9.13 Å². The van der Waals surface area contributed by atoms with Gasteiger partial charge in [0.05, 0.1) is 23.8 Å². The normalized spacial score (nSPS) is 13.7. The van der Waals surface area contributed by atoms with Gasteiger partial charge in [0.15, 0.2) is 0 Å². The molecule has 1 aromatic heterocycles. The van der Waals surface area contributed by atoms with Crippen molar-refractivity contribution >= 4 is 27.3 Å². The molecule has 2 rings (SSSR count). The van der Waals surface area contributed by atoms with Gasteiger partial charge >= 0.3 is 0 Å². The second-order valence-electron chi connectivity index (χ2n) is 2.92. The summed E-state index contributed by atoms with van der Waals surface area (Å²) in [4.78, 5) is 4.07. The monoisotopic (exact) mass is 276 g/mol. The number of hydrazine groups is 2. The SMILES string of the molecule is COc1ncc(Br)c2c1NNN2CCF. The Labute approximate surface area is 94.7 Å². The largest absolute Gasteiger partial charge is 0.479 e. The minimum Gasteiger partial charge on any atom is -0.479 e. The first-order chi connectivity index (χ1) is 7.27. The quantitative estimate of drug-likeness (QED) is 0.876. The van der Waals surface area contributed by atoms with Gasteiger partial charge in [-0.25, -0.2) is 9.37 Å². The van der Waals surface area contributed by atoms with E-state index in [2.05, 4.69) is 31.9 Å². The molecular weight excluding hydrogens is 267 g/mol. The Morgan fingerprint density at radius 2 is 2.47 bits per heavy atom. The molecule has 0 radical (unpaired) electrons. The van der Waals surface area contributed by atoms with E-state index in [-0.39, 0.29) is 6.54 Å². The molecule has 0 aliphatic carbocycles. The fourth-order valence-corrected chi connectivity index (χ4v) is 1.94. The highest BCUT2D eigenvalue weighted by atomic mass is 79.9. The van der Waals surface area contributed by atoms with Crippen molar-refractivity contribution in [3.8, 4) is 5.88 Å². The third-order valence-corrected chi connectivity index (χ3v) is 2.64. The predicted molar refractivity (Wildman–Crippen MR) is 58.6 cm³/mol. The number of alkyl halides is 1. The van der Waals surface area contributed by atoms with Gasteiger partial charge in [0.25, 0.3) is 0 Å². The van der Waals surface area contributed by atoms with E-state index in [0.29, 0.717) is 11.6 Å². The number of hydrogen-bond acceptors (Lipinski definition) is 5. The molecule has 1 aliphatic heterocycles. The Bertz CT molecular complexity index is 376. The van der Waals surface area contributed by atoms with Crippen LogP contribution < -0.4 is 20.7 Å². The zero-order chi connectivity index (χ0) is 10.8. The Hall–Kier alpha value is -1.08. The highest BCUT2D eigenvalue weighted by Gasteiger charge is 2.25. The van der Waals surface area contributed by atoms with E-state index >= 15 is 0 Å². The number of nitrogens with one attached hydrogen (secondary N) is 2. The summed E-state index contributed by atoms with van der Waals surface area (Å²) in [6.45, 7) is -0.184. The Kier molecular flexibility index (Phi) is 2.92. The van der Waals surface area contributed by atoms with E-state index in [1.54, 1.807) is 11.2 Å². The van der Waals surface area contributed by atoms with Crippen molar-refractivity contribution in [3.05, 3.63) is 10.7 Å². The summed E-state index contributed by atoms with van der Waals surface area (Å²) < 4.78 is 18.1. The predicted octanol–water partition coefficient (Wildman–Crippen LogP) is 1.47. The van der Waals surface area contributed by atoms with Crippen molar-refractivity contribution in [2.24, 2.45) is 0 Å². The molecule has 2 heterocycles. The van der Waals surface area contributed by atoms with E-state index in [0.717, 1.165) is 10.2 Å². The number of nitrogens with zero attached hydrogens (tertiary/aromatic N) is 2. The third-order valence-electron chi connectivity index (χ3n) is 2.06. The standard InChI is InChI=1S/C8H10BrFN4O/c1-15-8-6-7(5(9)4-11-8)14(3-2-10)13-12-6/h4,12-13H,2-3H2,1H3. The van der Waals surface area contributed by atoms with Crippen molar-refractivity contribution in [1.29, 1.82) is 0 Å². The summed E-state index contributed by atoms with van der Waals surface area (Å²) in [6, 6.07) is 0. The smallest absolute Gasteiger partial charge is 0.240 e. The van der Waals surface area contributed by atoms with E-state index in [4.69, 9.17) is 4.74 Å². The van der Waals surface area contributed by atoms with Crippen molar-refractivity contribution in [2.75, 3.05) is 30.8 Å². The average molecular weight is 277 g/mol. The number of ether oxygens (including phenoxy) is 1. The molecule has 15 heavy (non-hydrogen) atoms. The van der Waals surface area contributed by atoms with E-state index < -0.39 is 6.67 Å². The molecule has 0 unspecified atom stereocenters. The van der Waals surface area contributed by atoms with Crippen LogP contribution in [0, 0.1) is 0 Å². The molecule has 1 aromatic rings.